The van der Waals surface area contributed by atoms with Gasteiger partial charge in [0.2, 0.25) is 0 Å². The Kier molecular flexibility index (Phi) is 3.57. The number of aryl methyl sites for hydroxylation is 1. The summed E-state index contributed by atoms with van der Waals surface area (Å²) in [5.41, 5.74) is 5.10. The van der Waals surface area contributed by atoms with Crippen LogP contribution in [0.4, 0.5) is 0 Å². The van der Waals surface area contributed by atoms with E-state index in [2.05, 4.69) is 17.1 Å². The highest BCUT2D eigenvalue weighted by Gasteiger charge is 2.07. The van der Waals surface area contributed by atoms with Gasteiger partial charge in [0, 0.05) is 6.04 Å². The van der Waals surface area contributed by atoms with Crippen LogP contribution in [0.5, 0.6) is 0 Å². The zero-order valence-electron chi connectivity index (χ0n) is 10.2. The Balaban J connectivity index is 2.28. The van der Waals surface area contributed by atoms with Crippen LogP contribution in [0.1, 0.15) is 24.2 Å². The molecule has 2 aromatic rings. The maximum Gasteiger partial charge on any atom is 0.0801 e. The van der Waals surface area contributed by atoms with E-state index in [0.717, 1.165) is 21.9 Å². The molecular weight excluding hydrogens is 232 g/mol. The zero-order valence-corrected chi connectivity index (χ0v) is 11.0. The summed E-state index contributed by atoms with van der Waals surface area (Å²) in [4.78, 5) is 5.43. The minimum atomic E-state index is -0.105. The first-order valence-corrected chi connectivity index (χ1v) is 6.38. The molecule has 0 aliphatic heterocycles. The van der Waals surface area contributed by atoms with Crippen LogP contribution in [0, 0.1) is 12.1 Å². The monoisotopic (exact) mass is 247 g/mol. The van der Waals surface area contributed by atoms with Crippen molar-refractivity contribution in [1.29, 1.82) is 0 Å². The molecule has 90 valence electrons. The first kappa shape index (κ1) is 12.2. The predicted octanol–water partition coefficient (Wildman–Crippen LogP) is 3.61. The van der Waals surface area contributed by atoms with Crippen molar-refractivity contribution in [2.24, 2.45) is 0 Å². The normalized spacial score (nSPS) is 13.0. The van der Waals surface area contributed by atoms with Crippen molar-refractivity contribution in [3.05, 3.63) is 46.2 Å². The summed E-state index contributed by atoms with van der Waals surface area (Å²) in [5.74, 6) is 0. The Hall–Kier alpha value is -1.23. The van der Waals surface area contributed by atoms with Crippen LogP contribution in [0.15, 0.2) is 29.8 Å². The number of nitrogens with zero attached hydrogens (tertiary/aromatic N) is 2. The molecule has 0 saturated carbocycles. The lowest BCUT2D eigenvalue weighted by Crippen LogP contribution is -2.14. The lowest BCUT2D eigenvalue weighted by molar-refractivity contribution is 0.363. The molecule has 2 rings (SSSR count). The molecule has 4 heteroatoms. The SMILES string of the molecule is Cc1ncsc1-c1ccc(C(C)N(C)[O-])cc1. The third-order valence-electron chi connectivity index (χ3n) is 2.95. The molecule has 0 N–H and O–H groups in total. The van der Waals surface area contributed by atoms with Crippen LogP contribution in [0.2, 0.25) is 0 Å². The average Bonchev–Trinajstić information content (AvgIpc) is 2.74. The number of rotatable bonds is 3. The first-order valence-electron chi connectivity index (χ1n) is 5.50. The van der Waals surface area contributed by atoms with Crippen molar-refractivity contribution in [3.8, 4) is 10.4 Å². The number of hydrogen-bond acceptors (Lipinski definition) is 4. The van der Waals surface area contributed by atoms with Crippen LogP contribution in [-0.2, 0) is 0 Å². The van der Waals surface area contributed by atoms with Crippen LogP contribution in [0.25, 0.3) is 10.4 Å². The molecule has 1 aromatic heterocycles. The fourth-order valence-electron chi connectivity index (χ4n) is 1.70. The standard InChI is InChI=1S/C13H15N2OS/c1-9-13(17-8-14-9)12-6-4-11(5-7-12)10(2)15(3)16/h4-8,10H,1-3H3/q-1. The van der Waals surface area contributed by atoms with E-state index in [4.69, 9.17) is 0 Å². The minimum Gasteiger partial charge on any atom is -0.785 e. The van der Waals surface area contributed by atoms with Crippen LogP contribution in [-0.4, -0.2) is 17.1 Å². The molecule has 1 heterocycles. The fourth-order valence-corrected chi connectivity index (χ4v) is 2.51. The van der Waals surface area contributed by atoms with Gasteiger partial charge in [-0.3, -0.25) is 0 Å². The number of thiazole rings is 1. The van der Waals surface area contributed by atoms with Crippen LogP contribution < -0.4 is 0 Å². The van der Waals surface area contributed by atoms with Gasteiger partial charge in [0.1, 0.15) is 0 Å². The Morgan fingerprint density at radius 1 is 1.29 bits per heavy atom. The van der Waals surface area contributed by atoms with Crippen molar-refractivity contribution in [2.45, 2.75) is 19.9 Å². The van der Waals surface area contributed by atoms with E-state index in [-0.39, 0.29) is 6.04 Å². The van der Waals surface area contributed by atoms with Gasteiger partial charge in [-0.1, -0.05) is 24.3 Å². The van der Waals surface area contributed by atoms with E-state index in [0.29, 0.717) is 0 Å². The molecule has 3 nitrogen and oxygen atoms in total. The number of benzene rings is 1. The van der Waals surface area contributed by atoms with E-state index in [1.54, 1.807) is 18.4 Å². The lowest BCUT2D eigenvalue weighted by atomic mass is 10.0. The molecule has 0 radical (unpaired) electrons. The summed E-state index contributed by atoms with van der Waals surface area (Å²) in [7, 11) is 1.55. The molecule has 1 atom stereocenters. The molecule has 0 amide bonds. The number of aromatic nitrogens is 1. The third kappa shape index (κ3) is 2.54. The Morgan fingerprint density at radius 3 is 2.41 bits per heavy atom. The van der Waals surface area contributed by atoms with Crippen molar-refractivity contribution in [1.82, 2.24) is 10.0 Å². The summed E-state index contributed by atoms with van der Waals surface area (Å²) >= 11 is 1.64. The molecule has 1 aromatic carbocycles. The Labute approximate surface area is 105 Å². The molecule has 0 bridgehead atoms. The van der Waals surface area contributed by atoms with Gasteiger partial charge in [-0.05, 0) is 32.0 Å². The fraction of sp³-hybridized carbons (Fsp3) is 0.308. The van der Waals surface area contributed by atoms with Crippen molar-refractivity contribution in [3.63, 3.8) is 0 Å². The van der Waals surface area contributed by atoms with Gasteiger partial charge in [-0.2, -0.15) is 0 Å². The third-order valence-corrected chi connectivity index (χ3v) is 3.92. The largest absolute Gasteiger partial charge is 0.785 e. The molecule has 17 heavy (non-hydrogen) atoms. The topological polar surface area (TPSA) is 39.2 Å². The summed E-state index contributed by atoms with van der Waals surface area (Å²) in [5, 5.41) is 12.2. The van der Waals surface area contributed by atoms with E-state index in [1.807, 2.05) is 31.5 Å². The highest BCUT2D eigenvalue weighted by atomic mass is 32.1. The van der Waals surface area contributed by atoms with E-state index in [1.165, 1.54) is 4.88 Å². The van der Waals surface area contributed by atoms with E-state index < -0.39 is 0 Å². The minimum absolute atomic E-state index is 0.105. The van der Waals surface area contributed by atoms with Gasteiger partial charge in [0.15, 0.2) is 0 Å². The van der Waals surface area contributed by atoms with Gasteiger partial charge in [-0.15, -0.1) is 11.3 Å². The quantitative estimate of drug-likeness (QED) is 0.778. The maximum atomic E-state index is 11.2. The smallest absolute Gasteiger partial charge is 0.0801 e. The summed E-state index contributed by atoms with van der Waals surface area (Å²) in [6, 6.07) is 8.01. The van der Waals surface area contributed by atoms with E-state index >= 15 is 0 Å². The first-order chi connectivity index (χ1) is 8.09. The lowest BCUT2D eigenvalue weighted by Gasteiger charge is -2.30. The highest BCUT2D eigenvalue weighted by molar-refractivity contribution is 7.13. The van der Waals surface area contributed by atoms with Crippen LogP contribution >= 0.6 is 11.3 Å². The van der Waals surface area contributed by atoms with Crippen molar-refractivity contribution >= 4 is 11.3 Å². The number of hydrogen-bond donors (Lipinski definition) is 0. The summed E-state index contributed by atoms with van der Waals surface area (Å²) in [6.07, 6.45) is 0. The summed E-state index contributed by atoms with van der Waals surface area (Å²) in [6.45, 7) is 3.91. The predicted molar refractivity (Wildman–Crippen MR) is 71.8 cm³/mol. The molecular formula is C13H15N2OS-. The highest BCUT2D eigenvalue weighted by Crippen LogP contribution is 2.28. The Bertz CT molecular complexity index is 490. The Morgan fingerprint density at radius 2 is 1.94 bits per heavy atom. The van der Waals surface area contributed by atoms with E-state index in [9.17, 15) is 5.21 Å². The second-order valence-corrected chi connectivity index (χ2v) is 4.97. The molecule has 0 spiro atoms. The second-order valence-electron chi connectivity index (χ2n) is 4.11. The zero-order chi connectivity index (χ0) is 12.4. The summed E-state index contributed by atoms with van der Waals surface area (Å²) < 4.78 is 0. The van der Waals surface area contributed by atoms with Crippen molar-refractivity contribution < 1.29 is 0 Å². The van der Waals surface area contributed by atoms with Crippen LogP contribution in [0.3, 0.4) is 0 Å². The number of hydroxylamine groups is 2. The van der Waals surface area contributed by atoms with Gasteiger partial charge in [-0.25, -0.2) is 4.98 Å². The van der Waals surface area contributed by atoms with Crippen molar-refractivity contribution in [2.75, 3.05) is 7.05 Å². The molecule has 1 unspecified atom stereocenters. The molecule has 0 aliphatic carbocycles. The second kappa shape index (κ2) is 4.96. The van der Waals surface area contributed by atoms with Gasteiger partial charge in [0.05, 0.1) is 16.1 Å². The average molecular weight is 247 g/mol. The van der Waals surface area contributed by atoms with Gasteiger partial charge < -0.3 is 10.3 Å². The van der Waals surface area contributed by atoms with Gasteiger partial charge >= 0.3 is 0 Å². The van der Waals surface area contributed by atoms with Gasteiger partial charge in [0.25, 0.3) is 0 Å². The molecule has 0 saturated heterocycles. The maximum absolute atomic E-state index is 11.2. The molecule has 0 aliphatic rings. The molecule has 0 fully saturated rings.